The second-order valence-corrected chi connectivity index (χ2v) is 10.4. The third-order valence-electron chi connectivity index (χ3n) is 7.90. The molecule has 2 aliphatic rings. The summed E-state index contributed by atoms with van der Waals surface area (Å²) in [6, 6.07) is 10.6. The number of aromatic nitrogens is 2. The zero-order chi connectivity index (χ0) is 25.8. The number of rotatable bonds is 9. The first-order valence-electron chi connectivity index (χ1n) is 13.8. The number of pyridine rings is 1. The molecule has 7 heteroatoms. The zero-order valence-electron chi connectivity index (χ0n) is 22.8. The van der Waals surface area contributed by atoms with Gasteiger partial charge in [0.25, 0.3) is 0 Å². The normalized spacial score (nSPS) is 17.3. The quantitative estimate of drug-likeness (QED) is 0.379. The number of hydrogen-bond donors (Lipinski definition) is 0. The summed E-state index contributed by atoms with van der Waals surface area (Å²) >= 11 is 0. The number of methoxy groups -OCH3 is 2. The van der Waals surface area contributed by atoms with Crippen LogP contribution in [0.5, 0.6) is 11.5 Å². The zero-order valence-corrected chi connectivity index (χ0v) is 22.8. The maximum atomic E-state index is 5.83. The van der Waals surface area contributed by atoms with Crippen molar-refractivity contribution >= 4 is 11.2 Å². The van der Waals surface area contributed by atoms with Crippen LogP contribution in [-0.2, 0) is 15.9 Å². The summed E-state index contributed by atoms with van der Waals surface area (Å²) in [6.45, 7) is 9.79. The minimum Gasteiger partial charge on any atom is -0.496 e. The van der Waals surface area contributed by atoms with Crippen LogP contribution in [0.15, 0.2) is 30.3 Å². The van der Waals surface area contributed by atoms with Crippen molar-refractivity contribution in [3.8, 4) is 22.8 Å². The van der Waals surface area contributed by atoms with Gasteiger partial charge >= 0.3 is 0 Å². The van der Waals surface area contributed by atoms with Crippen LogP contribution in [0.2, 0.25) is 0 Å². The Balaban J connectivity index is 1.62. The lowest BCUT2D eigenvalue weighted by Gasteiger charge is -2.35. The van der Waals surface area contributed by atoms with Gasteiger partial charge in [0.2, 0.25) is 0 Å². The lowest BCUT2D eigenvalue weighted by Crippen LogP contribution is -2.38. The smallest absolute Gasteiger partial charge is 0.132 e. The molecular formula is C30H41N3O4. The average Bonchev–Trinajstić information content (AvgIpc) is 3.32. The van der Waals surface area contributed by atoms with Gasteiger partial charge in [-0.25, -0.2) is 4.52 Å². The van der Waals surface area contributed by atoms with E-state index in [-0.39, 0.29) is 0 Å². The number of fused-ring (bicyclic) bond motifs is 1. The molecule has 0 amide bonds. The van der Waals surface area contributed by atoms with Crippen molar-refractivity contribution < 1.29 is 18.9 Å². The largest absolute Gasteiger partial charge is 0.496 e. The van der Waals surface area contributed by atoms with E-state index in [1.54, 1.807) is 14.2 Å². The van der Waals surface area contributed by atoms with Gasteiger partial charge in [0.15, 0.2) is 0 Å². The Morgan fingerprint density at radius 2 is 1.49 bits per heavy atom. The Kier molecular flexibility index (Phi) is 8.20. The maximum Gasteiger partial charge on any atom is 0.132 e. The molecule has 3 aromatic rings. The first-order valence-corrected chi connectivity index (χ1v) is 13.8. The van der Waals surface area contributed by atoms with Crippen molar-refractivity contribution in [1.82, 2.24) is 9.61 Å². The number of ether oxygens (including phenoxy) is 4. The van der Waals surface area contributed by atoms with E-state index < -0.39 is 0 Å². The molecule has 0 saturated carbocycles. The van der Waals surface area contributed by atoms with Gasteiger partial charge in [-0.15, -0.1) is 0 Å². The Morgan fingerprint density at radius 1 is 0.919 bits per heavy atom. The molecule has 2 aliphatic heterocycles. The van der Waals surface area contributed by atoms with E-state index in [0.29, 0.717) is 11.8 Å². The fourth-order valence-corrected chi connectivity index (χ4v) is 5.91. The van der Waals surface area contributed by atoms with Gasteiger partial charge in [-0.3, -0.25) is 0 Å². The maximum absolute atomic E-state index is 5.83. The number of hydrogen-bond acceptors (Lipinski definition) is 6. The van der Waals surface area contributed by atoms with Gasteiger partial charge in [0, 0.05) is 39.5 Å². The van der Waals surface area contributed by atoms with Crippen molar-refractivity contribution in [2.75, 3.05) is 58.6 Å². The number of anilines is 1. The number of aryl methyl sites for hydroxylation is 2. The SMILES string of the molecule is CCc1nn2c(-c3c(OC)cc(C)cc3OC)cccc2c1N(CC1CCOCC1)CC1CCOCC1. The summed E-state index contributed by atoms with van der Waals surface area (Å²) < 4.78 is 25.1. The van der Waals surface area contributed by atoms with Crippen molar-refractivity contribution in [1.29, 1.82) is 0 Å². The van der Waals surface area contributed by atoms with E-state index >= 15 is 0 Å². The van der Waals surface area contributed by atoms with Crippen LogP contribution in [0, 0.1) is 18.8 Å². The molecule has 37 heavy (non-hydrogen) atoms. The van der Waals surface area contributed by atoms with E-state index in [1.807, 2.05) is 0 Å². The van der Waals surface area contributed by atoms with Crippen molar-refractivity contribution in [3.63, 3.8) is 0 Å². The first-order chi connectivity index (χ1) is 18.1. The molecule has 0 atom stereocenters. The topological polar surface area (TPSA) is 57.5 Å². The molecule has 2 fully saturated rings. The molecule has 7 nitrogen and oxygen atoms in total. The Bertz CT molecular complexity index is 1150. The van der Waals surface area contributed by atoms with Gasteiger partial charge in [0.05, 0.1) is 42.4 Å². The van der Waals surface area contributed by atoms with Crippen LogP contribution in [0.1, 0.15) is 43.9 Å². The Morgan fingerprint density at radius 3 is 2.00 bits per heavy atom. The van der Waals surface area contributed by atoms with Crippen LogP contribution < -0.4 is 14.4 Å². The Labute approximate surface area is 220 Å². The molecule has 5 rings (SSSR count). The summed E-state index contributed by atoms with van der Waals surface area (Å²) in [5.41, 5.74) is 6.55. The van der Waals surface area contributed by atoms with E-state index in [4.69, 9.17) is 24.0 Å². The van der Waals surface area contributed by atoms with Gasteiger partial charge in [-0.1, -0.05) is 13.0 Å². The van der Waals surface area contributed by atoms with Gasteiger partial charge in [-0.05, 0) is 80.7 Å². The van der Waals surface area contributed by atoms with Gasteiger partial charge < -0.3 is 23.8 Å². The van der Waals surface area contributed by atoms with E-state index in [9.17, 15) is 0 Å². The summed E-state index contributed by atoms with van der Waals surface area (Å²) in [7, 11) is 3.43. The molecule has 0 bridgehead atoms. The molecule has 2 aromatic heterocycles. The molecule has 0 radical (unpaired) electrons. The third-order valence-corrected chi connectivity index (χ3v) is 7.90. The van der Waals surface area contributed by atoms with Crippen molar-refractivity contribution in [2.45, 2.75) is 46.0 Å². The second kappa shape index (κ2) is 11.7. The molecule has 4 heterocycles. The lowest BCUT2D eigenvalue weighted by atomic mass is 9.95. The molecule has 1 aromatic carbocycles. The average molecular weight is 508 g/mol. The van der Waals surface area contributed by atoms with Crippen LogP contribution in [-0.4, -0.2) is 63.4 Å². The summed E-state index contributed by atoms with van der Waals surface area (Å²) in [6.07, 6.45) is 5.35. The Hall–Kier alpha value is -2.77. The van der Waals surface area contributed by atoms with Crippen molar-refractivity contribution in [3.05, 3.63) is 41.6 Å². The molecular weight excluding hydrogens is 466 g/mol. The molecule has 0 N–H and O–H groups in total. The van der Waals surface area contributed by atoms with Crippen LogP contribution >= 0.6 is 0 Å². The van der Waals surface area contributed by atoms with Crippen LogP contribution in [0.4, 0.5) is 5.69 Å². The summed E-state index contributed by atoms with van der Waals surface area (Å²) in [5.74, 6) is 2.85. The molecule has 200 valence electrons. The monoisotopic (exact) mass is 507 g/mol. The lowest BCUT2D eigenvalue weighted by molar-refractivity contribution is 0.0624. The van der Waals surface area contributed by atoms with E-state index in [2.05, 4.69) is 53.6 Å². The van der Waals surface area contributed by atoms with Gasteiger partial charge in [0.1, 0.15) is 11.5 Å². The second-order valence-electron chi connectivity index (χ2n) is 10.4. The number of benzene rings is 1. The minimum absolute atomic E-state index is 0.633. The van der Waals surface area contributed by atoms with Crippen LogP contribution in [0.3, 0.4) is 0 Å². The molecule has 2 saturated heterocycles. The third kappa shape index (κ3) is 5.43. The minimum atomic E-state index is 0.633. The van der Waals surface area contributed by atoms with Crippen LogP contribution in [0.25, 0.3) is 16.8 Å². The fourth-order valence-electron chi connectivity index (χ4n) is 5.91. The summed E-state index contributed by atoms with van der Waals surface area (Å²) in [5, 5.41) is 5.20. The molecule has 0 unspecified atom stereocenters. The van der Waals surface area contributed by atoms with Gasteiger partial charge in [-0.2, -0.15) is 5.10 Å². The highest BCUT2D eigenvalue weighted by atomic mass is 16.5. The highest BCUT2D eigenvalue weighted by Crippen LogP contribution is 2.41. The first kappa shape index (κ1) is 25.9. The predicted molar refractivity (Wildman–Crippen MR) is 147 cm³/mol. The number of nitrogens with zero attached hydrogens (tertiary/aromatic N) is 3. The standard InChI is InChI=1S/C30H41N3O4/c1-5-24-30(32(19-22-9-13-36-14-10-22)20-23-11-15-37-16-12-23)26-8-6-7-25(33(26)31-24)29-27(34-3)17-21(2)18-28(29)35-4/h6-8,17-18,22-23H,5,9-16,19-20H2,1-4H3. The highest BCUT2D eigenvalue weighted by Gasteiger charge is 2.27. The fraction of sp³-hybridized carbons (Fsp3) is 0.567. The molecule has 0 aliphatic carbocycles. The van der Waals surface area contributed by atoms with E-state index in [0.717, 1.165) is 111 Å². The van der Waals surface area contributed by atoms with E-state index in [1.165, 1.54) is 5.69 Å². The molecule has 0 spiro atoms. The van der Waals surface area contributed by atoms with Crippen molar-refractivity contribution in [2.24, 2.45) is 11.8 Å². The highest BCUT2D eigenvalue weighted by molar-refractivity contribution is 5.82. The summed E-state index contributed by atoms with van der Waals surface area (Å²) in [4.78, 5) is 2.64. The predicted octanol–water partition coefficient (Wildman–Crippen LogP) is 5.55.